The number of amidine groups is 1. The van der Waals surface area contributed by atoms with E-state index in [4.69, 9.17) is 4.99 Å². The number of nitrogens with one attached hydrogen (secondary N) is 2. The molecule has 1 atom stereocenters. The molecular weight excluding hydrogens is 391 g/mol. The van der Waals surface area contributed by atoms with Crippen molar-refractivity contribution in [3.05, 3.63) is 53.8 Å². The molecular formula is C21H23FN4S2. The average molecular weight is 415 g/mol. The van der Waals surface area contributed by atoms with Crippen LogP contribution < -0.4 is 10.6 Å². The van der Waals surface area contributed by atoms with Crippen molar-refractivity contribution in [3.8, 4) is 0 Å². The zero-order valence-electron chi connectivity index (χ0n) is 15.7. The minimum absolute atomic E-state index is 0.224. The van der Waals surface area contributed by atoms with Crippen molar-refractivity contribution < 1.29 is 4.39 Å². The molecule has 0 bridgehead atoms. The second kappa shape index (κ2) is 8.92. The van der Waals surface area contributed by atoms with Crippen molar-refractivity contribution in [2.24, 2.45) is 4.99 Å². The Kier molecular flexibility index (Phi) is 6.12. The third-order valence-electron chi connectivity index (χ3n) is 4.59. The Morgan fingerprint density at radius 2 is 2.11 bits per heavy atom. The molecule has 0 spiro atoms. The molecule has 1 saturated heterocycles. The summed E-state index contributed by atoms with van der Waals surface area (Å²) < 4.78 is 14.1. The largest absolute Gasteiger partial charge is 0.361 e. The number of aromatic nitrogens is 1. The van der Waals surface area contributed by atoms with Crippen LogP contribution in [0.1, 0.15) is 25.3 Å². The maximum absolute atomic E-state index is 13.3. The summed E-state index contributed by atoms with van der Waals surface area (Å²) >= 11 is 3.28. The van der Waals surface area contributed by atoms with Crippen LogP contribution in [0, 0.1) is 5.82 Å². The van der Waals surface area contributed by atoms with E-state index in [1.165, 1.54) is 41.9 Å². The Hall–Kier alpha value is -2.12. The Balaban J connectivity index is 1.29. The number of hydrogen-bond donors (Lipinski definition) is 2. The molecule has 1 aliphatic heterocycles. The van der Waals surface area contributed by atoms with Crippen LogP contribution in [-0.2, 0) is 6.42 Å². The number of hydrogen-bond acceptors (Lipinski definition) is 5. The van der Waals surface area contributed by atoms with Gasteiger partial charge in [-0.15, -0.1) is 0 Å². The topological polar surface area (TPSA) is 49.3 Å². The van der Waals surface area contributed by atoms with Gasteiger partial charge in [-0.25, -0.2) is 14.4 Å². The minimum Gasteiger partial charge on any atom is -0.361 e. The lowest BCUT2D eigenvalue weighted by atomic mass is 10.1. The molecule has 1 aromatic heterocycles. The van der Waals surface area contributed by atoms with E-state index in [2.05, 4.69) is 46.8 Å². The predicted molar refractivity (Wildman–Crippen MR) is 120 cm³/mol. The Morgan fingerprint density at radius 1 is 1.25 bits per heavy atom. The standard InChI is InChI=1S/C21H23FN4S2/c1-2-3-17-13-27-21(25-17)24-16-7-4-14(5-8-16)10-11-23-20-26-18-9-6-15(22)12-19(18)28-20/h4-9,12,17H,2-3,10-11,13H2,1H3,(H,23,26)(H,24,25). The minimum atomic E-state index is -0.224. The number of thiazole rings is 1. The van der Waals surface area contributed by atoms with Gasteiger partial charge in [0.05, 0.1) is 15.9 Å². The molecule has 28 heavy (non-hydrogen) atoms. The number of benzene rings is 2. The quantitative estimate of drug-likeness (QED) is 0.530. The summed E-state index contributed by atoms with van der Waals surface area (Å²) in [6, 6.07) is 13.6. The summed E-state index contributed by atoms with van der Waals surface area (Å²) in [7, 11) is 0. The van der Waals surface area contributed by atoms with E-state index in [9.17, 15) is 4.39 Å². The molecule has 0 saturated carbocycles. The zero-order valence-corrected chi connectivity index (χ0v) is 17.4. The van der Waals surface area contributed by atoms with Gasteiger partial charge in [0.2, 0.25) is 0 Å². The van der Waals surface area contributed by atoms with Gasteiger partial charge >= 0.3 is 0 Å². The second-order valence-corrected chi connectivity index (χ2v) is 8.87. The van der Waals surface area contributed by atoms with Crippen LogP contribution in [0.25, 0.3) is 10.2 Å². The molecule has 146 valence electrons. The molecule has 1 unspecified atom stereocenters. The fraction of sp³-hybridized carbons (Fsp3) is 0.333. The van der Waals surface area contributed by atoms with Gasteiger partial charge in [-0.2, -0.15) is 0 Å². The molecule has 0 radical (unpaired) electrons. The van der Waals surface area contributed by atoms with Crippen LogP contribution in [0.2, 0.25) is 0 Å². The highest BCUT2D eigenvalue weighted by atomic mass is 32.2. The van der Waals surface area contributed by atoms with Gasteiger partial charge in [0.15, 0.2) is 10.3 Å². The van der Waals surface area contributed by atoms with Crippen molar-refractivity contribution in [1.82, 2.24) is 10.3 Å². The number of nitrogens with zero attached hydrogens (tertiary/aromatic N) is 2. The summed E-state index contributed by atoms with van der Waals surface area (Å²) in [6.07, 6.45) is 3.29. The van der Waals surface area contributed by atoms with E-state index in [0.29, 0.717) is 6.04 Å². The number of halogens is 1. The van der Waals surface area contributed by atoms with Gasteiger partial charge in [0.25, 0.3) is 0 Å². The Labute approximate surface area is 172 Å². The smallest absolute Gasteiger partial charge is 0.183 e. The van der Waals surface area contributed by atoms with E-state index < -0.39 is 0 Å². The van der Waals surface area contributed by atoms with E-state index in [-0.39, 0.29) is 5.82 Å². The van der Waals surface area contributed by atoms with Gasteiger partial charge in [0.1, 0.15) is 5.82 Å². The molecule has 1 aliphatic rings. The Morgan fingerprint density at radius 3 is 2.93 bits per heavy atom. The van der Waals surface area contributed by atoms with E-state index in [1.54, 1.807) is 17.8 Å². The predicted octanol–water partition coefficient (Wildman–Crippen LogP) is 5.58. The lowest BCUT2D eigenvalue weighted by Crippen LogP contribution is -2.26. The molecule has 2 aromatic carbocycles. The number of aliphatic imine (C=N–C) groups is 1. The maximum Gasteiger partial charge on any atom is 0.183 e. The first-order valence-corrected chi connectivity index (χ1v) is 11.4. The van der Waals surface area contributed by atoms with Crippen LogP contribution in [-0.4, -0.2) is 28.5 Å². The summed E-state index contributed by atoms with van der Waals surface area (Å²) in [6.45, 7) is 3.00. The fourth-order valence-electron chi connectivity index (χ4n) is 3.15. The highest BCUT2D eigenvalue weighted by molar-refractivity contribution is 8.14. The van der Waals surface area contributed by atoms with E-state index in [0.717, 1.165) is 44.9 Å². The van der Waals surface area contributed by atoms with Crippen LogP contribution in [0.5, 0.6) is 0 Å². The number of rotatable bonds is 7. The van der Waals surface area contributed by atoms with Gasteiger partial charge in [0, 0.05) is 18.3 Å². The van der Waals surface area contributed by atoms with Crippen LogP contribution >= 0.6 is 23.1 Å². The number of anilines is 1. The van der Waals surface area contributed by atoms with Crippen LogP contribution in [0.3, 0.4) is 0 Å². The third-order valence-corrected chi connectivity index (χ3v) is 6.62. The number of thioether (sulfide) groups is 1. The molecule has 1 fully saturated rings. The first kappa shape index (κ1) is 19.2. The highest BCUT2D eigenvalue weighted by Crippen LogP contribution is 2.26. The zero-order chi connectivity index (χ0) is 19.3. The summed E-state index contributed by atoms with van der Waals surface area (Å²) in [4.78, 5) is 9.19. The van der Waals surface area contributed by atoms with E-state index in [1.807, 2.05) is 0 Å². The first-order chi connectivity index (χ1) is 13.7. The lowest BCUT2D eigenvalue weighted by Gasteiger charge is -2.07. The van der Waals surface area contributed by atoms with E-state index >= 15 is 0 Å². The molecule has 2 N–H and O–H groups in total. The Bertz CT molecular complexity index is 968. The SMILES string of the molecule is CCCC1CS/C(=N\c2ccc(CCNc3nc4ccc(F)cc4s3)cc2)N1. The monoisotopic (exact) mass is 414 g/mol. The molecule has 4 nitrogen and oxygen atoms in total. The van der Waals surface area contributed by atoms with Gasteiger partial charge in [-0.05, 0) is 48.7 Å². The van der Waals surface area contributed by atoms with Crippen molar-refractivity contribution >= 4 is 49.3 Å². The summed E-state index contributed by atoms with van der Waals surface area (Å²) in [5, 5.41) is 8.69. The van der Waals surface area contributed by atoms with Gasteiger partial charge in [-0.3, -0.25) is 0 Å². The van der Waals surface area contributed by atoms with Gasteiger partial charge < -0.3 is 10.6 Å². The summed E-state index contributed by atoms with van der Waals surface area (Å²) in [5.41, 5.74) is 3.06. The van der Waals surface area contributed by atoms with Crippen LogP contribution in [0.15, 0.2) is 47.5 Å². The molecule has 0 amide bonds. The van der Waals surface area contributed by atoms with Crippen molar-refractivity contribution in [2.75, 3.05) is 17.6 Å². The molecule has 3 aromatic rings. The van der Waals surface area contributed by atoms with Crippen molar-refractivity contribution in [1.29, 1.82) is 0 Å². The third kappa shape index (κ3) is 4.83. The van der Waals surface area contributed by atoms with Crippen molar-refractivity contribution in [2.45, 2.75) is 32.2 Å². The summed E-state index contributed by atoms with van der Waals surface area (Å²) in [5.74, 6) is 0.882. The van der Waals surface area contributed by atoms with Crippen LogP contribution in [0.4, 0.5) is 15.2 Å². The van der Waals surface area contributed by atoms with Crippen molar-refractivity contribution in [3.63, 3.8) is 0 Å². The lowest BCUT2D eigenvalue weighted by molar-refractivity contribution is 0.618. The molecule has 0 aliphatic carbocycles. The second-order valence-electron chi connectivity index (χ2n) is 6.83. The molecule has 4 rings (SSSR count). The maximum atomic E-state index is 13.3. The number of fused-ring (bicyclic) bond motifs is 1. The van der Waals surface area contributed by atoms with Gasteiger partial charge in [-0.1, -0.05) is 48.6 Å². The molecule has 7 heteroatoms. The first-order valence-electron chi connectivity index (χ1n) is 9.56. The normalized spacial score (nSPS) is 17.9. The average Bonchev–Trinajstić information content (AvgIpc) is 3.29. The molecule has 2 heterocycles. The highest BCUT2D eigenvalue weighted by Gasteiger charge is 2.18. The fourth-order valence-corrected chi connectivity index (χ4v) is 5.09.